The SMILES string of the molecule is C=COC(=O)C[P+](CCC)(CCC)CCC.[Cl-]. The van der Waals surface area contributed by atoms with Crippen molar-refractivity contribution >= 4 is 13.2 Å². The molecule has 0 heterocycles. The minimum absolute atomic E-state index is 0. The van der Waals surface area contributed by atoms with Gasteiger partial charge in [0.1, 0.15) is 0 Å². The van der Waals surface area contributed by atoms with Crippen LogP contribution in [0.5, 0.6) is 0 Å². The summed E-state index contributed by atoms with van der Waals surface area (Å²) in [5.41, 5.74) is 0. The zero-order valence-electron chi connectivity index (χ0n) is 11.4. The molecule has 0 aromatic carbocycles. The molecule has 0 spiro atoms. The molecule has 2 nitrogen and oxygen atoms in total. The number of ether oxygens (including phenoxy) is 1. The summed E-state index contributed by atoms with van der Waals surface area (Å²) in [6.45, 7) is 10.1. The number of rotatable bonds is 9. The molecule has 0 N–H and O–H groups in total. The van der Waals surface area contributed by atoms with Gasteiger partial charge < -0.3 is 17.1 Å². The first-order valence-corrected chi connectivity index (χ1v) is 8.82. The lowest BCUT2D eigenvalue weighted by Gasteiger charge is -2.25. The third-order valence-electron chi connectivity index (χ3n) is 2.77. The van der Waals surface area contributed by atoms with E-state index in [4.69, 9.17) is 4.74 Å². The van der Waals surface area contributed by atoms with Crippen molar-refractivity contribution in [1.82, 2.24) is 0 Å². The van der Waals surface area contributed by atoms with Crippen molar-refractivity contribution in [2.24, 2.45) is 0 Å². The van der Waals surface area contributed by atoms with E-state index in [0.717, 1.165) is 0 Å². The first-order chi connectivity index (χ1) is 7.64. The summed E-state index contributed by atoms with van der Waals surface area (Å²) in [7, 11) is -1.10. The Hall–Kier alpha value is -0.0700. The molecule has 17 heavy (non-hydrogen) atoms. The molecule has 0 aromatic rings. The van der Waals surface area contributed by atoms with Crippen molar-refractivity contribution in [3.05, 3.63) is 12.8 Å². The predicted molar refractivity (Wildman–Crippen MR) is 73.6 cm³/mol. The van der Waals surface area contributed by atoms with Crippen LogP contribution >= 0.6 is 7.26 Å². The van der Waals surface area contributed by atoms with Crippen molar-refractivity contribution in [2.75, 3.05) is 24.6 Å². The molecule has 102 valence electrons. The molecule has 0 aliphatic carbocycles. The number of halogens is 1. The van der Waals surface area contributed by atoms with E-state index in [1.165, 1.54) is 44.0 Å². The van der Waals surface area contributed by atoms with E-state index in [2.05, 4.69) is 27.4 Å². The van der Waals surface area contributed by atoms with E-state index in [9.17, 15) is 4.79 Å². The third-order valence-corrected chi connectivity index (χ3v) is 7.89. The maximum Gasteiger partial charge on any atom is 0.348 e. The van der Waals surface area contributed by atoms with Crippen LogP contribution in [-0.4, -0.2) is 30.6 Å². The second-order valence-electron chi connectivity index (χ2n) is 4.33. The lowest BCUT2D eigenvalue weighted by Crippen LogP contribution is -3.00. The van der Waals surface area contributed by atoms with Gasteiger partial charge in [-0.1, -0.05) is 27.4 Å². The van der Waals surface area contributed by atoms with Crippen molar-refractivity contribution in [1.29, 1.82) is 0 Å². The van der Waals surface area contributed by atoms with Gasteiger partial charge in [-0.25, -0.2) is 4.79 Å². The van der Waals surface area contributed by atoms with Gasteiger partial charge in [0.25, 0.3) is 0 Å². The van der Waals surface area contributed by atoms with Gasteiger partial charge in [0, 0.05) is 7.26 Å². The molecular formula is C13H26ClO2P. The maximum atomic E-state index is 11.6. The summed E-state index contributed by atoms with van der Waals surface area (Å²) in [6.07, 6.45) is 9.09. The van der Waals surface area contributed by atoms with Gasteiger partial charge in [-0.05, 0) is 19.3 Å². The lowest BCUT2D eigenvalue weighted by molar-refractivity contribution is -0.135. The van der Waals surface area contributed by atoms with E-state index in [1.807, 2.05) is 0 Å². The Balaban J connectivity index is 0. The van der Waals surface area contributed by atoms with Crippen molar-refractivity contribution < 1.29 is 21.9 Å². The molecule has 0 rings (SSSR count). The van der Waals surface area contributed by atoms with Gasteiger partial charge in [0.05, 0.1) is 24.7 Å². The zero-order chi connectivity index (χ0) is 12.4. The number of hydrogen-bond acceptors (Lipinski definition) is 2. The minimum atomic E-state index is -1.10. The molecule has 0 aromatic heterocycles. The first kappa shape index (κ1) is 19.3. The van der Waals surface area contributed by atoms with Crippen LogP contribution in [0.1, 0.15) is 40.0 Å². The smallest absolute Gasteiger partial charge is 0.348 e. The highest BCUT2D eigenvalue weighted by Crippen LogP contribution is 2.60. The Labute approximate surface area is 113 Å². The van der Waals surface area contributed by atoms with Crippen LogP contribution in [0.25, 0.3) is 0 Å². The van der Waals surface area contributed by atoms with Crippen LogP contribution in [-0.2, 0) is 9.53 Å². The second kappa shape index (κ2) is 11.0. The Bertz CT molecular complexity index is 202. The summed E-state index contributed by atoms with van der Waals surface area (Å²) in [6, 6.07) is 0. The first-order valence-electron chi connectivity index (χ1n) is 6.29. The van der Waals surface area contributed by atoms with E-state index < -0.39 is 7.26 Å². The second-order valence-corrected chi connectivity index (χ2v) is 8.67. The molecular weight excluding hydrogens is 255 g/mol. The minimum Gasteiger partial charge on any atom is -1.00 e. The fraction of sp³-hybridized carbons (Fsp3) is 0.769. The van der Waals surface area contributed by atoms with Crippen molar-refractivity contribution in [2.45, 2.75) is 40.0 Å². The molecule has 0 bridgehead atoms. The number of carbonyl (C=O) groups is 1. The van der Waals surface area contributed by atoms with E-state index in [0.29, 0.717) is 6.16 Å². The fourth-order valence-electron chi connectivity index (χ4n) is 2.40. The molecule has 0 saturated heterocycles. The zero-order valence-corrected chi connectivity index (χ0v) is 13.0. The molecule has 0 radical (unpaired) electrons. The molecule has 0 unspecified atom stereocenters. The van der Waals surface area contributed by atoms with Crippen LogP contribution in [0.2, 0.25) is 0 Å². The topological polar surface area (TPSA) is 26.3 Å². The average molecular weight is 281 g/mol. The summed E-state index contributed by atoms with van der Waals surface area (Å²) in [5, 5.41) is 0. The van der Waals surface area contributed by atoms with E-state index in [1.54, 1.807) is 0 Å². The van der Waals surface area contributed by atoms with Gasteiger partial charge in [-0.3, -0.25) is 0 Å². The highest BCUT2D eigenvalue weighted by Gasteiger charge is 2.37. The molecule has 0 aliphatic rings. The van der Waals surface area contributed by atoms with Crippen LogP contribution in [0.4, 0.5) is 0 Å². The van der Waals surface area contributed by atoms with E-state index >= 15 is 0 Å². The van der Waals surface area contributed by atoms with Crippen LogP contribution in [0.3, 0.4) is 0 Å². The Morgan fingerprint density at radius 3 is 1.82 bits per heavy atom. The van der Waals surface area contributed by atoms with Crippen LogP contribution in [0, 0.1) is 0 Å². The summed E-state index contributed by atoms with van der Waals surface area (Å²) < 4.78 is 4.89. The van der Waals surface area contributed by atoms with Gasteiger partial charge in [0.15, 0.2) is 6.16 Å². The summed E-state index contributed by atoms with van der Waals surface area (Å²) in [5.74, 6) is -0.0846. The highest BCUT2D eigenvalue weighted by molar-refractivity contribution is 7.76. The number of carbonyl (C=O) groups excluding carboxylic acids is 1. The standard InChI is InChI=1S/C13H26O2P.ClH/c1-5-9-16(10-6-2,11-7-3)12-13(14)15-8-4;/h8H,4-7,9-12H2,1-3H3;1H/q+1;/p-1. The quantitative estimate of drug-likeness (QED) is 0.357. The maximum absolute atomic E-state index is 11.6. The molecule has 0 aliphatic heterocycles. The van der Waals surface area contributed by atoms with Crippen LogP contribution < -0.4 is 12.4 Å². The normalized spacial score (nSPS) is 10.5. The molecule has 0 saturated carbocycles. The molecule has 0 atom stereocenters. The molecule has 0 amide bonds. The average Bonchev–Trinajstić information content (AvgIpc) is 2.18. The van der Waals surface area contributed by atoms with Gasteiger partial charge in [-0.15, -0.1) is 0 Å². The van der Waals surface area contributed by atoms with Crippen molar-refractivity contribution in [3.8, 4) is 0 Å². The summed E-state index contributed by atoms with van der Waals surface area (Å²) >= 11 is 0. The van der Waals surface area contributed by atoms with Gasteiger partial charge >= 0.3 is 5.97 Å². The van der Waals surface area contributed by atoms with E-state index in [-0.39, 0.29) is 18.4 Å². The molecule has 4 heteroatoms. The molecule has 0 fully saturated rings. The largest absolute Gasteiger partial charge is 1.00 e. The fourth-order valence-corrected chi connectivity index (χ4v) is 7.01. The lowest BCUT2D eigenvalue weighted by atomic mass is 10.6. The Morgan fingerprint density at radius 1 is 1.12 bits per heavy atom. The third kappa shape index (κ3) is 7.78. The highest BCUT2D eigenvalue weighted by atomic mass is 35.5. The van der Waals surface area contributed by atoms with Gasteiger partial charge in [-0.2, -0.15) is 0 Å². The van der Waals surface area contributed by atoms with Crippen LogP contribution in [0.15, 0.2) is 12.8 Å². The van der Waals surface area contributed by atoms with Gasteiger partial charge in [0.2, 0.25) is 0 Å². The van der Waals surface area contributed by atoms with Crippen molar-refractivity contribution in [3.63, 3.8) is 0 Å². The number of esters is 1. The summed E-state index contributed by atoms with van der Waals surface area (Å²) in [4.78, 5) is 11.6. The predicted octanol–water partition coefficient (Wildman–Crippen LogP) is 0.925. The monoisotopic (exact) mass is 280 g/mol. The Morgan fingerprint density at radius 2 is 1.53 bits per heavy atom. The Kier molecular flexibility index (Phi) is 12.5. The number of hydrogen-bond donors (Lipinski definition) is 0.